The van der Waals surface area contributed by atoms with Gasteiger partial charge in [0.15, 0.2) is 0 Å². The van der Waals surface area contributed by atoms with Crippen molar-refractivity contribution >= 4 is 0 Å². The van der Waals surface area contributed by atoms with Crippen LogP contribution in [0.25, 0.3) is 0 Å². The molecule has 1 atom stereocenters. The van der Waals surface area contributed by atoms with Crippen LogP contribution in [0.4, 0.5) is 0 Å². The van der Waals surface area contributed by atoms with Crippen LogP contribution in [0.2, 0.25) is 0 Å². The van der Waals surface area contributed by atoms with E-state index in [2.05, 4.69) is 37.3 Å². The van der Waals surface area contributed by atoms with Crippen molar-refractivity contribution in [3.8, 4) is 12.3 Å². The Balaban J connectivity index is 2.86. The van der Waals surface area contributed by atoms with Gasteiger partial charge in [-0.3, -0.25) is 11.3 Å². The topological polar surface area (TPSA) is 38.0 Å². The maximum atomic E-state index is 5.62. The van der Waals surface area contributed by atoms with E-state index < -0.39 is 0 Å². The standard InChI is InChI=1S/C14H20N2/c1-4-5-11-13(16-15)14(2,3)12-9-7-6-8-10-12/h1,6-10,13,16H,5,11,15H2,2-3H3. The van der Waals surface area contributed by atoms with Crippen molar-refractivity contribution in [2.24, 2.45) is 5.84 Å². The summed E-state index contributed by atoms with van der Waals surface area (Å²) in [6.45, 7) is 4.37. The minimum atomic E-state index is -0.0210. The van der Waals surface area contributed by atoms with Gasteiger partial charge in [0, 0.05) is 17.9 Å². The van der Waals surface area contributed by atoms with Gasteiger partial charge < -0.3 is 0 Å². The molecule has 86 valence electrons. The highest BCUT2D eigenvalue weighted by Gasteiger charge is 2.29. The zero-order valence-corrected chi connectivity index (χ0v) is 10.0. The fraction of sp³-hybridized carbons (Fsp3) is 0.429. The molecule has 3 N–H and O–H groups in total. The second kappa shape index (κ2) is 5.69. The average molecular weight is 216 g/mol. The van der Waals surface area contributed by atoms with Gasteiger partial charge in [-0.15, -0.1) is 12.3 Å². The number of rotatable bonds is 5. The van der Waals surface area contributed by atoms with Gasteiger partial charge in [0.05, 0.1) is 0 Å². The molecule has 0 saturated carbocycles. The smallest absolute Gasteiger partial charge is 0.0311 e. The normalized spacial score (nSPS) is 13.1. The van der Waals surface area contributed by atoms with Crippen LogP contribution in [0.3, 0.4) is 0 Å². The lowest BCUT2D eigenvalue weighted by Crippen LogP contribution is -2.48. The molecule has 0 bridgehead atoms. The first-order valence-electron chi connectivity index (χ1n) is 5.58. The van der Waals surface area contributed by atoms with E-state index in [4.69, 9.17) is 12.3 Å². The molecule has 0 spiro atoms. The second-order valence-corrected chi connectivity index (χ2v) is 4.55. The molecule has 1 aromatic rings. The van der Waals surface area contributed by atoms with Crippen LogP contribution in [-0.2, 0) is 5.41 Å². The molecular weight excluding hydrogens is 196 g/mol. The minimum Gasteiger partial charge on any atom is -0.271 e. The molecule has 0 radical (unpaired) electrons. The van der Waals surface area contributed by atoms with E-state index in [1.165, 1.54) is 5.56 Å². The van der Waals surface area contributed by atoms with Crippen LogP contribution < -0.4 is 11.3 Å². The summed E-state index contributed by atoms with van der Waals surface area (Å²) in [5.74, 6) is 8.28. The van der Waals surface area contributed by atoms with Crippen LogP contribution in [0.15, 0.2) is 30.3 Å². The highest BCUT2D eigenvalue weighted by atomic mass is 15.2. The largest absolute Gasteiger partial charge is 0.271 e. The fourth-order valence-electron chi connectivity index (χ4n) is 1.95. The van der Waals surface area contributed by atoms with Crippen LogP contribution in [0.5, 0.6) is 0 Å². The maximum Gasteiger partial charge on any atom is 0.0311 e. The van der Waals surface area contributed by atoms with E-state index in [0.29, 0.717) is 0 Å². The van der Waals surface area contributed by atoms with Gasteiger partial charge in [-0.25, -0.2) is 0 Å². The first kappa shape index (κ1) is 12.8. The highest BCUT2D eigenvalue weighted by Crippen LogP contribution is 2.28. The molecule has 0 saturated heterocycles. The number of nitrogens with two attached hydrogens (primary N) is 1. The molecule has 0 fully saturated rings. The molecule has 0 aliphatic rings. The molecule has 0 aliphatic carbocycles. The Morgan fingerprint density at radius 2 is 2.00 bits per heavy atom. The Bertz CT molecular complexity index is 349. The molecular formula is C14H20N2. The third-order valence-corrected chi connectivity index (χ3v) is 3.17. The second-order valence-electron chi connectivity index (χ2n) is 4.55. The number of hydrogen-bond donors (Lipinski definition) is 2. The summed E-state index contributed by atoms with van der Waals surface area (Å²) in [5.41, 5.74) is 4.13. The Morgan fingerprint density at radius 1 is 1.38 bits per heavy atom. The Kier molecular flexibility index (Phi) is 4.54. The van der Waals surface area contributed by atoms with Crippen molar-refractivity contribution in [3.05, 3.63) is 35.9 Å². The summed E-state index contributed by atoms with van der Waals surface area (Å²) >= 11 is 0. The van der Waals surface area contributed by atoms with Gasteiger partial charge >= 0.3 is 0 Å². The Labute approximate surface area is 98.2 Å². The van der Waals surface area contributed by atoms with E-state index in [1.54, 1.807) is 0 Å². The summed E-state index contributed by atoms with van der Waals surface area (Å²) in [4.78, 5) is 0. The van der Waals surface area contributed by atoms with E-state index in [0.717, 1.165) is 12.8 Å². The van der Waals surface area contributed by atoms with Gasteiger partial charge in [-0.1, -0.05) is 44.2 Å². The van der Waals surface area contributed by atoms with Crippen molar-refractivity contribution in [2.45, 2.75) is 38.1 Å². The lowest BCUT2D eigenvalue weighted by atomic mass is 9.76. The molecule has 0 aliphatic heterocycles. The van der Waals surface area contributed by atoms with Crippen molar-refractivity contribution in [2.75, 3.05) is 0 Å². The molecule has 2 nitrogen and oxygen atoms in total. The zero-order valence-electron chi connectivity index (χ0n) is 10.0. The summed E-state index contributed by atoms with van der Waals surface area (Å²) in [5, 5.41) is 0. The summed E-state index contributed by atoms with van der Waals surface area (Å²) < 4.78 is 0. The van der Waals surface area contributed by atoms with E-state index >= 15 is 0 Å². The lowest BCUT2D eigenvalue weighted by molar-refractivity contribution is 0.329. The third kappa shape index (κ3) is 2.85. The van der Waals surface area contributed by atoms with Crippen molar-refractivity contribution in [1.29, 1.82) is 0 Å². The first-order valence-corrected chi connectivity index (χ1v) is 5.58. The maximum absolute atomic E-state index is 5.62. The molecule has 0 heterocycles. The molecule has 2 heteroatoms. The van der Waals surface area contributed by atoms with Crippen LogP contribution in [0, 0.1) is 12.3 Å². The molecule has 1 aromatic carbocycles. The first-order chi connectivity index (χ1) is 7.62. The molecule has 0 aromatic heterocycles. The van der Waals surface area contributed by atoms with Gasteiger partial charge in [0.1, 0.15) is 0 Å². The Hall–Kier alpha value is -1.30. The molecule has 16 heavy (non-hydrogen) atoms. The van der Waals surface area contributed by atoms with Gasteiger partial charge in [-0.05, 0) is 12.0 Å². The minimum absolute atomic E-state index is 0.0210. The Morgan fingerprint density at radius 3 is 2.50 bits per heavy atom. The summed E-state index contributed by atoms with van der Waals surface area (Å²) in [6.07, 6.45) is 6.92. The predicted molar refractivity (Wildman–Crippen MR) is 68.6 cm³/mol. The molecule has 0 amide bonds. The van der Waals surface area contributed by atoms with Crippen molar-refractivity contribution < 1.29 is 0 Å². The van der Waals surface area contributed by atoms with Gasteiger partial charge in [-0.2, -0.15) is 0 Å². The van der Waals surface area contributed by atoms with Gasteiger partial charge in [0.2, 0.25) is 0 Å². The average Bonchev–Trinajstić information content (AvgIpc) is 2.31. The van der Waals surface area contributed by atoms with Crippen molar-refractivity contribution in [3.63, 3.8) is 0 Å². The number of benzene rings is 1. The fourth-order valence-corrected chi connectivity index (χ4v) is 1.95. The highest BCUT2D eigenvalue weighted by molar-refractivity contribution is 5.25. The molecule has 1 rings (SSSR count). The van der Waals surface area contributed by atoms with E-state index in [1.807, 2.05) is 18.2 Å². The van der Waals surface area contributed by atoms with Gasteiger partial charge in [0.25, 0.3) is 0 Å². The van der Waals surface area contributed by atoms with E-state index in [9.17, 15) is 0 Å². The monoisotopic (exact) mass is 216 g/mol. The SMILES string of the molecule is C#CCCC(NN)C(C)(C)c1ccccc1. The number of hydrogen-bond acceptors (Lipinski definition) is 2. The predicted octanol–water partition coefficient (Wildman–Crippen LogP) is 2.21. The number of nitrogens with one attached hydrogen (secondary N) is 1. The molecule has 1 unspecified atom stereocenters. The quantitative estimate of drug-likeness (QED) is 0.450. The van der Waals surface area contributed by atoms with Crippen LogP contribution in [0.1, 0.15) is 32.3 Å². The van der Waals surface area contributed by atoms with Crippen LogP contribution >= 0.6 is 0 Å². The zero-order chi connectivity index (χ0) is 12.0. The van der Waals surface area contributed by atoms with E-state index in [-0.39, 0.29) is 11.5 Å². The van der Waals surface area contributed by atoms with Crippen LogP contribution in [-0.4, -0.2) is 6.04 Å². The summed E-state index contributed by atoms with van der Waals surface area (Å²) in [7, 11) is 0. The number of terminal acetylenes is 1. The summed E-state index contributed by atoms with van der Waals surface area (Å²) in [6, 6.07) is 10.6. The lowest BCUT2D eigenvalue weighted by Gasteiger charge is -2.34. The van der Waals surface area contributed by atoms with Crippen molar-refractivity contribution in [1.82, 2.24) is 5.43 Å². The third-order valence-electron chi connectivity index (χ3n) is 3.17. The number of hydrazine groups is 1.